The molecule has 0 fully saturated rings. The van der Waals surface area contributed by atoms with E-state index >= 15 is 0 Å². The molecule has 2 aliphatic heterocycles. The molecule has 302 valence electrons. The van der Waals surface area contributed by atoms with Gasteiger partial charge < -0.3 is 9.71 Å². The molecule has 0 amide bonds. The van der Waals surface area contributed by atoms with Gasteiger partial charge in [-0.15, -0.1) is 0 Å². The van der Waals surface area contributed by atoms with Gasteiger partial charge >= 0.3 is 6.85 Å². The molecule has 1 aliphatic carbocycles. The minimum atomic E-state index is -0.267. The maximum absolute atomic E-state index is 2.69. The predicted octanol–water partition coefficient (Wildman–Crippen LogP) is 14.6. The summed E-state index contributed by atoms with van der Waals surface area (Å²) in [6, 6.07) is 66.7. The van der Waals surface area contributed by atoms with Crippen LogP contribution < -0.4 is 20.6 Å². The van der Waals surface area contributed by atoms with Crippen LogP contribution in [0.2, 0.25) is 0 Å². The quantitative estimate of drug-likeness (QED) is 0.164. The fraction of sp³-hybridized carbons (Fsp3) is 0.186. The molecular weight excluding hydrogens is 747 g/mol. The Bertz CT molecular complexity index is 3060. The standard InChI is InChI=1S/C59H53BN2/c1-57(2,3)41-27-30-43(31-28-41)62-52-26-18-16-24-45(52)48-35-40(38-19-11-9-12-20-38)36-53-55(48)60(62)50-33-32-46-44-23-15-17-25-49(44)59(7,8)54(46)56(50)61(53)51-34-29-42(58(4,5)6)37-47(51)39-21-13-10-14-22-39/h9-37H,1-8H3. The lowest BCUT2D eigenvalue weighted by molar-refractivity contribution is 0.590. The summed E-state index contributed by atoms with van der Waals surface area (Å²) in [5, 5.41) is 0. The molecule has 0 radical (unpaired) electrons. The van der Waals surface area contributed by atoms with Crippen molar-refractivity contribution in [3.8, 4) is 44.5 Å². The van der Waals surface area contributed by atoms with Gasteiger partial charge in [0.15, 0.2) is 0 Å². The minimum Gasteiger partial charge on any atom is -0.376 e. The lowest BCUT2D eigenvalue weighted by atomic mass is 9.43. The first-order valence-corrected chi connectivity index (χ1v) is 22.3. The summed E-state index contributed by atoms with van der Waals surface area (Å²) in [5.41, 5.74) is 24.0. The Labute approximate surface area is 368 Å². The van der Waals surface area contributed by atoms with Crippen molar-refractivity contribution in [2.24, 2.45) is 0 Å². The van der Waals surface area contributed by atoms with Crippen molar-refractivity contribution in [2.75, 3.05) is 9.71 Å². The van der Waals surface area contributed by atoms with Crippen molar-refractivity contribution in [1.29, 1.82) is 0 Å². The normalized spacial score (nSPS) is 14.5. The molecule has 0 atom stereocenters. The van der Waals surface area contributed by atoms with E-state index in [2.05, 4.69) is 241 Å². The molecule has 0 aromatic heterocycles. The largest absolute Gasteiger partial charge is 0.376 e. The second-order valence-electron chi connectivity index (χ2n) is 20.2. The van der Waals surface area contributed by atoms with Crippen molar-refractivity contribution in [1.82, 2.24) is 0 Å². The molecular formula is C59H53BN2. The zero-order valence-corrected chi connectivity index (χ0v) is 37.2. The zero-order chi connectivity index (χ0) is 42.7. The van der Waals surface area contributed by atoms with Gasteiger partial charge in [-0.2, -0.15) is 0 Å². The monoisotopic (exact) mass is 800 g/mol. The van der Waals surface area contributed by atoms with Crippen LogP contribution in [0.25, 0.3) is 44.5 Å². The smallest absolute Gasteiger partial charge is 0.333 e. The number of benzene rings is 8. The Hall–Kier alpha value is -6.58. The van der Waals surface area contributed by atoms with Crippen LogP contribution in [0.15, 0.2) is 176 Å². The van der Waals surface area contributed by atoms with Crippen molar-refractivity contribution in [3.63, 3.8) is 0 Å². The van der Waals surface area contributed by atoms with E-state index in [1.54, 1.807) is 0 Å². The molecule has 0 spiro atoms. The minimum absolute atomic E-state index is 0.0308. The van der Waals surface area contributed by atoms with Gasteiger partial charge in [0.25, 0.3) is 0 Å². The lowest BCUT2D eigenvalue weighted by Crippen LogP contribution is -2.62. The summed E-state index contributed by atoms with van der Waals surface area (Å²) in [7, 11) is 0. The van der Waals surface area contributed by atoms with Gasteiger partial charge in [-0.3, -0.25) is 0 Å². The van der Waals surface area contributed by atoms with Gasteiger partial charge in [-0.25, -0.2) is 0 Å². The van der Waals surface area contributed by atoms with E-state index in [0.29, 0.717) is 0 Å². The average molecular weight is 801 g/mol. The van der Waals surface area contributed by atoms with Crippen LogP contribution in [0, 0.1) is 0 Å². The number of anilines is 5. The Morgan fingerprint density at radius 1 is 0.435 bits per heavy atom. The van der Waals surface area contributed by atoms with Crippen LogP contribution in [0.3, 0.4) is 0 Å². The highest BCUT2D eigenvalue weighted by Crippen LogP contribution is 2.57. The lowest BCUT2D eigenvalue weighted by Gasteiger charge is -2.47. The van der Waals surface area contributed by atoms with Gasteiger partial charge in [0.05, 0.1) is 5.69 Å². The fourth-order valence-electron chi connectivity index (χ4n) is 10.8. The summed E-state index contributed by atoms with van der Waals surface area (Å²) >= 11 is 0. The molecule has 0 N–H and O–H groups in total. The van der Waals surface area contributed by atoms with E-state index in [0.717, 1.165) is 0 Å². The maximum atomic E-state index is 2.69. The number of para-hydroxylation sites is 1. The number of hydrogen-bond donors (Lipinski definition) is 0. The topological polar surface area (TPSA) is 6.48 Å². The highest BCUT2D eigenvalue weighted by molar-refractivity contribution is 6.93. The highest BCUT2D eigenvalue weighted by Gasteiger charge is 2.49. The fourth-order valence-corrected chi connectivity index (χ4v) is 10.8. The third-order valence-corrected chi connectivity index (χ3v) is 13.9. The molecule has 0 bridgehead atoms. The van der Waals surface area contributed by atoms with Crippen LogP contribution >= 0.6 is 0 Å². The third kappa shape index (κ3) is 5.78. The molecule has 8 aromatic carbocycles. The van der Waals surface area contributed by atoms with Gasteiger partial charge in [-0.1, -0.05) is 189 Å². The van der Waals surface area contributed by atoms with E-state index in [4.69, 9.17) is 0 Å². The van der Waals surface area contributed by atoms with Gasteiger partial charge in [0, 0.05) is 39.3 Å². The van der Waals surface area contributed by atoms with Crippen molar-refractivity contribution in [2.45, 2.75) is 71.6 Å². The summed E-state index contributed by atoms with van der Waals surface area (Å²) in [6.45, 7) is 18.7. The second kappa shape index (κ2) is 13.7. The van der Waals surface area contributed by atoms with Crippen molar-refractivity contribution < 1.29 is 0 Å². The van der Waals surface area contributed by atoms with Crippen LogP contribution in [-0.2, 0) is 16.2 Å². The first-order chi connectivity index (χ1) is 29.8. The summed E-state index contributed by atoms with van der Waals surface area (Å²) < 4.78 is 0. The molecule has 0 saturated carbocycles. The second-order valence-corrected chi connectivity index (χ2v) is 20.2. The number of hydrogen-bond acceptors (Lipinski definition) is 2. The number of rotatable bonds is 4. The highest BCUT2D eigenvalue weighted by atomic mass is 15.2. The molecule has 3 heteroatoms. The van der Waals surface area contributed by atoms with Crippen LogP contribution in [0.4, 0.5) is 28.4 Å². The van der Waals surface area contributed by atoms with E-state index in [1.807, 2.05) is 0 Å². The number of nitrogens with zero attached hydrogens (tertiary/aromatic N) is 2. The van der Waals surface area contributed by atoms with Gasteiger partial charge in [0.2, 0.25) is 0 Å². The predicted molar refractivity (Wildman–Crippen MR) is 266 cm³/mol. The summed E-state index contributed by atoms with van der Waals surface area (Å²) in [6.07, 6.45) is 0. The van der Waals surface area contributed by atoms with Crippen LogP contribution in [0.5, 0.6) is 0 Å². The Kier molecular flexibility index (Phi) is 8.48. The van der Waals surface area contributed by atoms with E-state index in [-0.39, 0.29) is 23.1 Å². The summed E-state index contributed by atoms with van der Waals surface area (Å²) in [5.74, 6) is 0. The Morgan fingerprint density at radius 2 is 1.05 bits per heavy atom. The summed E-state index contributed by atoms with van der Waals surface area (Å²) in [4.78, 5) is 5.33. The Morgan fingerprint density at radius 3 is 1.74 bits per heavy atom. The average Bonchev–Trinajstić information content (AvgIpc) is 3.52. The van der Waals surface area contributed by atoms with Crippen LogP contribution in [-0.4, -0.2) is 6.85 Å². The molecule has 3 aliphatic rings. The first-order valence-electron chi connectivity index (χ1n) is 22.3. The van der Waals surface area contributed by atoms with E-state index in [1.165, 1.54) is 106 Å². The zero-order valence-electron chi connectivity index (χ0n) is 37.2. The number of fused-ring (bicyclic) bond motifs is 8. The molecule has 8 aromatic rings. The SMILES string of the molecule is CC(C)(C)c1ccc(N2B3c4ccc5c(c4N(c4ccc(C(C)(C)C)cc4-c4ccccc4)c4cc(-c6ccccc6)cc(c43)-c3ccccc32)C(C)(C)c2ccccc2-5)cc1. The van der Waals surface area contributed by atoms with E-state index < -0.39 is 0 Å². The molecule has 11 rings (SSSR count). The van der Waals surface area contributed by atoms with E-state index in [9.17, 15) is 0 Å². The Balaban J connectivity index is 1.30. The van der Waals surface area contributed by atoms with Crippen LogP contribution in [0.1, 0.15) is 77.6 Å². The van der Waals surface area contributed by atoms with Crippen molar-refractivity contribution in [3.05, 3.63) is 198 Å². The van der Waals surface area contributed by atoms with Gasteiger partial charge in [0.1, 0.15) is 0 Å². The third-order valence-electron chi connectivity index (χ3n) is 13.9. The molecule has 0 unspecified atom stereocenters. The van der Waals surface area contributed by atoms with Gasteiger partial charge in [-0.05, 0) is 120 Å². The molecule has 2 nitrogen and oxygen atoms in total. The molecule has 62 heavy (non-hydrogen) atoms. The molecule has 0 saturated heterocycles. The molecule has 2 heterocycles. The maximum Gasteiger partial charge on any atom is 0.333 e. The van der Waals surface area contributed by atoms with Crippen molar-refractivity contribution >= 4 is 46.2 Å². The first kappa shape index (κ1) is 38.4.